The average molecular weight is 288 g/mol. The molecule has 0 saturated heterocycles. The van der Waals surface area contributed by atoms with Gasteiger partial charge in [0.25, 0.3) is 0 Å². The van der Waals surface area contributed by atoms with Crippen LogP contribution in [0.2, 0.25) is 5.15 Å². The van der Waals surface area contributed by atoms with Gasteiger partial charge in [-0.1, -0.05) is 41.9 Å². The van der Waals surface area contributed by atoms with Gasteiger partial charge in [-0.05, 0) is 12.5 Å². The molecule has 1 N–H and O–H groups in total. The molecule has 3 rings (SSSR count). The van der Waals surface area contributed by atoms with E-state index in [1.165, 1.54) is 0 Å². The summed E-state index contributed by atoms with van der Waals surface area (Å²) in [5, 5.41) is 3.27. The number of anilines is 2. The molecule has 0 aliphatic carbocycles. The first-order valence-corrected chi connectivity index (χ1v) is 6.80. The lowest BCUT2D eigenvalue weighted by atomic mass is 10.1. The number of carbonyl (C=O) groups excluding carboxylic acids is 1. The topological polar surface area (TPSA) is 45.2 Å². The molecule has 1 aromatic carbocycles. The van der Waals surface area contributed by atoms with Gasteiger partial charge in [0.2, 0.25) is 5.91 Å². The predicted octanol–water partition coefficient (Wildman–Crippen LogP) is 3.08. The molecule has 1 aliphatic rings. The van der Waals surface area contributed by atoms with Gasteiger partial charge in [0.1, 0.15) is 11.2 Å². The van der Waals surface area contributed by atoms with Gasteiger partial charge in [0.05, 0.1) is 17.6 Å². The third-order valence-electron chi connectivity index (χ3n) is 3.46. The lowest BCUT2D eigenvalue weighted by molar-refractivity contribution is -0.117. The van der Waals surface area contributed by atoms with Crippen molar-refractivity contribution in [3.05, 3.63) is 53.3 Å². The number of benzene rings is 1. The molecule has 1 aliphatic heterocycles. The van der Waals surface area contributed by atoms with Crippen LogP contribution in [0.1, 0.15) is 12.5 Å². The van der Waals surface area contributed by atoms with Crippen molar-refractivity contribution in [3.8, 4) is 0 Å². The van der Waals surface area contributed by atoms with Crippen LogP contribution < -0.4 is 10.2 Å². The minimum Gasteiger partial charge on any atom is -0.354 e. The number of pyridine rings is 1. The van der Waals surface area contributed by atoms with Crippen LogP contribution >= 0.6 is 11.6 Å². The summed E-state index contributed by atoms with van der Waals surface area (Å²) < 4.78 is 0. The maximum absolute atomic E-state index is 12.0. The third kappa shape index (κ3) is 2.34. The number of nitrogens with zero attached hydrogens (tertiary/aromatic N) is 2. The molecule has 4 nitrogen and oxygen atoms in total. The fraction of sp³-hybridized carbons (Fsp3) is 0.200. The van der Waals surface area contributed by atoms with E-state index in [9.17, 15) is 4.79 Å². The SMILES string of the molecule is C[C@@H]1C(=O)Nc2cnc(Cl)cc2N1Cc1ccccc1. The zero-order valence-electron chi connectivity index (χ0n) is 11.0. The van der Waals surface area contributed by atoms with Gasteiger partial charge in [-0.3, -0.25) is 4.79 Å². The Morgan fingerprint density at radius 2 is 2.10 bits per heavy atom. The number of nitrogens with one attached hydrogen (secondary N) is 1. The number of halogens is 1. The van der Waals surface area contributed by atoms with Crippen LogP contribution in [0.3, 0.4) is 0 Å². The number of amides is 1. The molecular weight excluding hydrogens is 274 g/mol. The van der Waals surface area contributed by atoms with Gasteiger partial charge >= 0.3 is 0 Å². The molecule has 20 heavy (non-hydrogen) atoms. The largest absolute Gasteiger partial charge is 0.354 e. The van der Waals surface area contributed by atoms with Crippen LogP contribution in [0, 0.1) is 0 Å². The molecule has 0 bridgehead atoms. The maximum Gasteiger partial charge on any atom is 0.246 e. The first kappa shape index (κ1) is 12.9. The van der Waals surface area contributed by atoms with E-state index in [1.54, 1.807) is 12.3 Å². The second-order valence-electron chi connectivity index (χ2n) is 4.80. The monoisotopic (exact) mass is 287 g/mol. The summed E-state index contributed by atoms with van der Waals surface area (Å²) >= 11 is 5.98. The fourth-order valence-corrected chi connectivity index (χ4v) is 2.50. The van der Waals surface area contributed by atoms with Crippen molar-refractivity contribution in [1.29, 1.82) is 0 Å². The van der Waals surface area contributed by atoms with Crippen LogP contribution in [0.4, 0.5) is 11.4 Å². The minimum atomic E-state index is -0.249. The highest BCUT2D eigenvalue weighted by molar-refractivity contribution is 6.29. The van der Waals surface area contributed by atoms with Gasteiger partial charge in [-0.15, -0.1) is 0 Å². The van der Waals surface area contributed by atoms with Crippen molar-refractivity contribution in [3.63, 3.8) is 0 Å². The Morgan fingerprint density at radius 1 is 1.35 bits per heavy atom. The van der Waals surface area contributed by atoms with Gasteiger partial charge in [-0.25, -0.2) is 4.98 Å². The van der Waals surface area contributed by atoms with Crippen LogP contribution in [-0.2, 0) is 11.3 Å². The zero-order chi connectivity index (χ0) is 14.1. The van der Waals surface area contributed by atoms with Crippen molar-refractivity contribution < 1.29 is 4.79 Å². The van der Waals surface area contributed by atoms with Crippen LogP contribution in [-0.4, -0.2) is 16.9 Å². The Labute approximate surface area is 122 Å². The summed E-state index contributed by atoms with van der Waals surface area (Å²) in [5.41, 5.74) is 2.75. The first-order valence-electron chi connectivity index (χ1n) is 6.42. The van der Waals surface area contributed by atoms with Gasteiger partial charge in [-0.2, -0.15) is 0 Å². The molecule has 0 spiro atoms. The quantitative estimate of drug-likeness (QED) is 0.864. The molecule has 1 amide bonds. The second-order valence-corrected chi connectivity index (χ2v) is 5.19. The Kier molecular flexibility index (Phi) is 3.32. The molecule has 0 unspecified atom stereocenters. The smallest absolute Gasteiger partial charge is 0.246 e. The highest BCUT2D eigenvalue weighted by Gasteiger charge is 2.29. The number of rotatable bonds is 2. The van der Waals surface area contributed by atoms with E-state index in [1.807, 2.05) is 42.2 Å². The van der Waals surface area contributed by atoms with Crippen molar-refractivity contribution in [2.24, 2.45) is 0 Å². The van der Waals surface area contributed by atoms with E-state index in [4.69, 9.17) is 11.6 Å². The van der Waals surface area contributed by atoms with E-state index in [-0.39, 0.29) is 11.9 Å². The number of carbonyl (C=O) groups is 1. The minimum absolute atomic E-state index is 0.0300. The summed E-state index contributed by atoms with van der Waals surface area (Å²) in [6.07, 6.45) is 1.60. The van der Waals surface area contributed by atoms with Crippen LogP contribution in [0.5, 0.6) is 0 Å². The zero-order valence-corrected chi connectivity index (χ0v) is 11.8. The van der Waals surface area contributed by atoms with Crippen molar-refractivity contribution >= 4 is 28.9 Å². The normalized spacial score (nSPS) is 17.6. The van der Waals surface area contributed by atoms with E-state index in [0.717, 1.165) is 11.3 Å². The van der Waals surface area contributed by atoms with E-state index < -0.39 is 0 Å². The molecule has 1 aromatic heterocycles. The van der Waals surface area contributed by atoms with Crippen molar-refractivity contribution in [1.82, 2.24) is 4.98 Å². The molecule has 2 aromatic rings. The number of fused-ring (bicyclic) bond motifs is 1. The molecule has 5 heteroatoms. The van der Waals surface area contributed by atoms with Gasteiger partial charge < -0.3 is 10.2 Å². The molecule has 0 radical (unpaired) electrons. The van der Waals surface area contributed by atoms with Crippen LogP contribution in [0.15, 0.2) is 42.6 Å². The Bertz CT molecular complexity index is 645. The Morgan fingerprint density at radius 3 is 2.85 bits per heavy atom. The van der Waals surface area contributed by atoms with E-state index in [0.29, 0.717) is 17.4 Å². The number of hydrogen-bond donors (Lipinski definition) is 1. The lowest BCUT2D eigenvalue weighted by Gasteiger charge is -2.36. The summed E-state index contributed by atoms with van der Waals surface area (Å²) in [6.45, 7) is 2.54. The number of hydrogen-bond acceptors (Lipinski definition) is 3. The van der Waals surface area contributed by atoms with Gasteiger partial charge in [0.15, 0.2) is 0 Å². The summed E-state index contributed by atoms with van der Waals surface area (Å²) in [6, 6.07) is 11.6. The van der Waals surface area contributed by atoms with Crippen molar-refractivity contribution in [2.45, 2.75) is 19.5 Å². The fourth-order valence-electron chi connectivity index (χ4n) is 2.34. The first-order chi connectivity index (χ1) is 9.65. The van der Waals surface area contributed by atoms with Crippen LogP contribution in [0.25, 0.3) is 0 Å². The molecule has 102 valence electrons. The van der Waals surface area contributed by atoms with Crippen molar-refractivity contribution in [2.75, 3.05) is 10.2 Å². The molecule has 0 saturated carbocycles. The standard InChI is InChI=1S/C15H14ClN3O/c1-10-15(20)18-12-8-17-14(16)7-13(12)19(10)9-11-5-3-2-4-6-11/h2-8,10H,9H2,1H3,(H,18,20)/t10-/m1/s1. The number of aromatic nitrogens is 1. The highest BCUT2D eigenvalue weighted by atomic mass is 35.5. The summed E-state index contributed by atoms with van der Waals surface area (Å²) in [5.74, 6) is -0.0300. The maximum atomic E-state index is 12.0. The average Bonchev–Trinajstić information content (AvgIpc) is 2.46. The summed E-state index contributed by atoms with van der Waals surface area (Å²) in [7, 11) is 0. The molecular formula is C15H14ClN3O. The Hall–Kier alpha value is -2.07. The lowest BCUT2D eigenvalue weighted by Crippen LogP contribution is -2.45. The molecule has 1 atom stereocenters. The third-order valence-corrected chi connectivity index (χ3v) is 3.67. The van der Waals surface area contributed by atoms with E-state index >= 15 is 0 Å². The summed E-state index contributed by atoms with van der Waals surface area (Å²) in [4.78, 5) is 18.1. The Balaban J connectivity index is 2.00. The molecule has 2 heterocycles. The van der Waals surface area contributed by atoms with Gasteiger partial charge in [0, 0.05) is 12.6 Å². The second kappa shape index (κ2) is 5.13. The molecule has 0 fully saturated rings. The van der Waals surface area contributed by atoms with E-state index in [2.05, 4.69) is 10.3 Å². The highest BCUT2D eigenvalue weighted by Crippen LogP contribution is 2.34. The predicted molar refractivity (Wildman–Crippen MR) is 80.0 cm³/mol.